The number of aromatic nitrogens is 1. The Morgan fingerprint density at radius 1 is 0.933 bits per heavy atom. The molecule has 0 radical (unpaired) electrons. The molecule has 0 saturated heterocycles. The molecule has 1 aromatic heterocycles. The third kappa shape index (κ3) is 5.19. The van der Waals surface area contributed by atoms with Crippen LogP contribution >= 0.6 is 0 Å². The van der Waals surface area contributed by atoms with E-state index >= 15 is 0 Å². The van der Waals surface area contributed by atoms with Gasteiger partial charge in [-0.25, -0.2) is 10.4 Å². The minimum atomic E-state index is -0.551. The number of nitrogens with one attached hydrogen (secondary N) is 1. The number of ether oxygens (including phenoxy) is 1. The Bertz CT molecular complexity index is 1100. The first-order chi connectivity index (χ1) is 14.4. The van der Waals surface area contributed by atoms with E-state index in [1.54, 1.807) is 24.3 Å². The number of amides is 1. The largest absolute Gasteiger partial charge is 0.439 e. The topological polar surface area (TPSA) is 150 Å². The van der Waals surface area contributed by atoms with Gasteiger partial charge in [-0.2, -0.15) is 5.10 Å². The molecule has 0 atom stereocenters. The van der Waals surface area contributed by atoms with Gasteiger partial charge in [0.1, 0.15) is 11.9 Å². The van der Waals surface area contributed by atoms with Crippen LogP contribution in [-0.2, 0) is 0 Å². The number of carbonyl (C=O) groups excluding carboxylic acids is 1. The van der Waals surface area contributed by atoms with Gasteiger partial charge in [0.25, 0.3) is 17.3 Å². The number of pyridine rings is 1. The van der Waals surface area contributed by atoms with E-state index in [1.165, 1.54) is 42.6 Å². The van der Waals surface area contributed by atoms with Crippen molar-refractivity contribution in [2.45, 2.75) is 0 Å². The molecule has 0 saturated carbocycles. The number of hydrogen-bond donors (Lipinski definition) is 1. The van der Waals surface area contributed by atoms with Gasteiger partial charge in [0, 0.05) is 29.8 Å². The first-order valence-electron chi connectivity index (χ1n) is 8.38. The second-order valence-electron chi connectivity index (χ2n) is 5.79. The molecule has 3 aromatic rings. The van der Waals surface area contributed by atoms with Gasteiger partial charge in [-0.05, 0) is 42.0 Å². The molecule has 0 unspecified atom stereocenters. The zero-order valence-electron chi connectivity index (χ0n) is 15.2. The Morgan fingerprint density at radius 2 is 1.57 bits per heavy atom. The smallest absolute Gasteiger partial charge is 0.287 e. The second kappa shape index (κ2) is 9.01. The molecule has 150 valence electrons. The summed E-state index contributed by atoms with van der Waals surface area (Å²) in [5.41, 5.74) is 2.99. The maximum absolute atomic E-state index is 12.0. The van der Waals surface area contributed by atoms with Crippen LogP contribution in [-0.4, -0.2) is 27.0 Å². The predicted molar refractivity (Wildman–Crippen MR) is 106 cm³/mol. The van der Waals surface area contributed by atoms with Crippen LogP contribution in [0, 0.1) is 20.2 Å². The van der Waals surface area contributed by atoms with Crippen LogP contribution in [0.1, 0.15) is 15.9 Å². The van der Waals surface area contributed by atoms with E-state index in [0.717, 1.165) is 6.20 Å². The van der Waals surface area contributed by atoms with Crippen molar-refractivity contribution in [3.63, 3.8) is 0 Å². The van der Waals surface area contributed by atoms with Gasteiger partial charge in [-0.1, -0.05) is 0 Å². The van der Waals surface area contributed by atoms with Crippen molar-refractivity contribution in [1.29, 1.82) is 0 Å². The number of non-ortho nitro benzene ring substituents is 1. The lowest BCUT2D eigenvalue weighted by Gasteiger charge is -2.04. The van der Waals surface area contributed by atoms with Crippen molar-refractivity contribution in [2.24, 2.45) is 5.10 Å². The molecule has 11 nitrogen and oxygen atoms in total. The molecule has 30 heavy (non-hydrogen) atoms. The molecule has 0 fully saturated rings. The molecular weight excluding hydrogens is 394 g/mol. The predicted octanol–water partition coefficient (Wildman–Crippen LogP) is 3.45. The van der Waals surface area contributed by atoms with Crippen LogP contribution < -0.4 is 10.2 Å². The van der Waals surface area contributed by atoms with Crippen LogP contribution in [0.2, 0.25) is 0 Å². The van der Waals surface area contributed by atoms with E-state index in [1.807, 2.05) is 0 Å². The highest BCUT2D eigenvalue weighted by Crippen LogP contribution is 2.21. The number of hydrazone groups is 1. The van der Waals surface area contributed by atoms with Crippen LogP contribution in [0.15, 0.2) is 72.0 Å². The van der Waals surface area contributed by atoms with Crippen LogP contribution in [0.25, 0.3) is 0 Å². The fourth-order valence-electron chi connectivity index (χ4n) is 2.25. The van der Waals surface area contributed by atoms with Crippen molar-refractivity contribution >= 4 is 23.5 Å². The Hall–Kier alpha value is -4.67. The molecule has 1 amide bonds. The number of benzene rings is 2. The maximum atomic E-state index is 12.0. The lowest BCUT2D eigenvalue weighted by atomic mass is 10.2. The van der Waals surface area contributed by atoms with E-state index in [0.29, 0.717) is 11.3 Å². The summed E-state index contributed by atoms with van der Waals surface area (Å²) in [4.78, 5) is 36.0. The summed E-state index contributed by atoms with van der Waals surface area (Å²) in [5, 5.41) is 25.1. The summed E-state index contributed by atoms with van der Waals surface area (Å²) < 4.78 is 5.50. The van der Waals surface area contributed by atoms with Gasteiger partial charge in [0.15, 0.2) is 0 Å². The highest BCUT2D eigenvalue weighted by atomic mass is 16.6. The van der Waals surface area contributed by atoms with Crippen LogP contribution in [0.4, 0.5) is 11.4 Å². The molecule has 1 heterocycles. The van der Waals surface area contributed by atoms with E-state index in [-0.39, 0.29) is 22.8 Å². The lowest BCUT2D eigenvalue weighted by molar-refractivity contribution is -0.385. The molecule has 0 aliphatic heterocycles. The second-order valence-corrected chi connectivity index (χ2v) is 5.79. The van der Waals surface area contributed by atoms with Gasteiger partial charge in [-0.3, -0.25) is 25.0 Å². The summed E-state index contributed by atoms with van der Waals surface area (Å²) in [6.45, 7) is 0. The molecule has 0 spiro atoms. The van der Waals surface area contributed by atoms with Crippen molar-refractivity contribution < 1.29 is 19.4 Å². The molecule has 0 aliphatic carbocycles. The van der Waals surface area contributed by atoms with E-state index < -0.39 is 15.8 Å². The summed E-state index contributed by atoms with van der Waals surface area (Å²) in [6, 6.07) is 14.5. The van der Waals surface area contributed by atoms with E-state index in [2.05, 4.69) is 15.5 Å². The Kier molecular flexibility index (Phi) is 6.03. The van der Waals surface area contributed by atoms with Crippen molar-refractivity contribution in [2.75, 3.05) is 0 Å². The molecule has 2 aromatic carbocycles. The van der Waals surface area contributed by atoms with Gasteiger partial charge >= 0.3 is 0 Å². The standard InChI is InChI=1S/C19H13N5O6/c25-19(14-3-5-15(6-4-14)23(26)27)22-21-11-13-1-8-17(9-2-13)30-18-10-7-16(12-20-18)24(28)29/h1-12H,(H,22,25)/b21-11+. The molecule has 0 aliphatic rings. The Morgan fingerprint density at radius 3 is 2.13 bits per heavy atom. The third-order valence-electron chi connectivity index (χ3n) is 3.75. The van der Waals surface area contributed by atoms with Gasteiger partial charge < -0.3 is 4.74 Å². The Labute approximate surface area is 168 Å². The summed E-state index contributed by atoms with van der Waals surface area (Å²) in [6.07, 6.45) is 2.52. The number of rotatable bonds is 7. The fourth-order valence-corrected chi connectivity index (χ4v) is 2.25. The van der Waals surface area contributed by atoms with Gasteiger partial charge in [-0.15, -0.1) is 0 Å². The zero-order chi connectivity index (χ0) is 21.5. The van der Waals surface area contributed by atoms with Gasteiger partial charge in [0.05, 0.1) is 16.1 Å². The average molecular weight is 407 g/mol. The first kappa shape index (κ1) is 20.1. The highest BCUT2D eigenvalue weighted by Gasteiger charge is 2.09. The molecule has 3 rings (SSSR count). The van der Waals surface area contributed by atoms with Gasteiger partial charge in [0.2, 0.25) is 5.88 Å². The minimum absolute atomic E-state index is 0.110. The number of nitro groups is 2. The third-order valence-corrected chi connectivity index (χ3v) is 3.75. The molecule has 1 N–H and O–H groups in total. The summed E-state index contributed by atoms with van der Waals surface area (Å²) >= 11 is 0. The van der Waals surface area contributed by atoms with Crippen molar-refractivity contribution in [1.82, 2.24) is 10.4 Å². The van der Waals surface area contributed by atoms with E-state index in [9.17, 15) is 25.0 Å². The summed E-state index contributed by atoms with van der Waals surface area (Å²) in [5.74, 6) is 0.158. The molecular formula is C19H13N5O6. The Balaban J connectivity index is 1.55. The maximum Gasteiger partial charge on any atom is 0.287 e. The molecule has 0 bridgehead atoms. The monoisotopic (exact) mass is 407 g/mol. The normalized spacial score (nSPS) is 10.5. The lowest BCUT2D eigenvalue weighted by Crippen LogP contribution is -2.17. The number of hydrogen-bond acceptors (Lipinski definition) is 8. The van der Waals surface area contributed by atoms with Crippen molar-refractivity contribution in [3.8, 4) is 11.6 Å². The molecule has 11 heteroatoms. The van der Waals surface area contributed by atoms with E-state index in [4.69, 9.17) is 4.74 Å². The minimum Gasteiger partial charge on any atom is -0.439 e. The van der Waals surface area contributed by atoms with Crippen LogP contribution in [0.5, 0.6) is 11.6 Å². The number of carbonyl (C=O) groups is 1. The SMILES string of the molecule is O=C(N/N=C/c1ccc(Oc2ccc([N+](=O)[O-])cn2)cc1)c1ccc([N+](=O)[O-])cc1. The number of nitro benzene ring substituents is 1. The average Bonchev–Trinajstić information content (AvgIpc) is 2.75. The fraction of sp³-hybridized carbons (Fsp3) is 0. The highest BCUT2D eigenvalue weighted by molar-refractivity contribution is 5.95. The number of nitrogens with zero attached hydrogens (tertiary/aromatic N) is 4. The zero-order valence-corrected chi connectivity index (χ0v) is 15.2. The van der Waals surface area contributed by atoms with Crippen molar-refractivity contribution in [3.05, 3.63) is 98.2 Å². The quantitative estimate of drug-likeness (QED) is 0.358. The summed E-state index contributed by atoms with van der Waals surface area (Å²) in [7, 11) is 0. The first-order valence-corrected chi connectivity index (χ1v) is 8.38. The van der Waals surface area contributed by atoms with Crippen LogP contribution in [0.3, 0.4) is 0 Å².